The lowest BCUT2D eigenvalue weighted by molar-refractivity contribution is -0.148. The summed E-state index contributed by atoms with van der Waals surface area (Å²) in [6, 6.07) is 0. The van der Waals surface area contributed by atoms with Crippen LogP contribution in [-0.4, -0.2) is 71.8 Å². The molecule has 1 N–H and O–H groups in total. The highest BCUT2D eigenvalue weighted by molar-refractivity contribution is 8.00. The maximum Gasteiger partial charge on any atom is 0.242 e. The van der Waals surface area contributed by atoms with Crippen LogP contribution in [-0.2, 0) is 14.4 Å². The third-order valence-electron chi connectivity index (χ3n) is 2.82. The maximum atomic E-state index is 11.9. The fourth-order valence-electron chi connectivity index (χ4n) is 1.85. The topological polar surface area (TPSA) is 69.7 Å². The van der Waals surface area contributed by atoms with Gasteiger partial charge in [0.05, 0.1) is 11.5 Å². The van der Waals surface area contributed by atoms with Crippen LogP contribution in [0.4, 0.5) is 0 Å². The van der Waals surface area contributed by atoms with Gasteiger partial charge >= 0.3 is 0 Å². The summed E-state index contributed by atoms with van der Waals surface area (Å²) in [5, 5.41) is 3.15. The molecule has 0 aromatic heterocycles. The van der Waals surface area contributed by atoms with Gasteiger partial charge in [-0.25, -0.2) is 0 Å². The molecule has 0 radical (unpaired) electrons. The number of carbonyl (C=O) groups is 3. The first-order valence-corrected chi connectivity index (χ1v) is 6.73. The van der Waals surface area contributed by atoms with Crippen LogP contribution in [0, 0.1) is 0 Å². The molecule has 2 aliphatic heterocycles. The molecule has 0 spiro atoms. The Morgan fingerprint density at radius 3 is 2.35 bits per heavy atom. The molecule has 3 amide bonds. The summed E-state index contributed by atoms with van der Waals surface area (Å²) in [6.07, 6.45) is 0. The zero-order chi connectivity index (χ0) is 12.3. The molecule has 17 heavy (non-hydrogen) atoms. The van der Waals surface area contributed by atoms with Crippen molar-refractivity contribution >= 4 is 29.5 Å². The average Bonchev–Trinajstić information content (AvgIpc) is 2.35. The fraction of sp³-hybridized carbons (Fsp3) is 0.700. The highest BCUT2D eigenvalue weighted by Gasteiger charge is 2.29. The lowest BCUT2D eigenvalue weighted by Gasteiger charge is -2.30. The minimum atomic E-state index is -0.255. The summed E-state index contributed by atoms with van der Waals surface area (Å²) in [4.78, 5) is 37.7. The van der Waals surface area contributed by atoms with Gasteiger partial charge in [-0.15, -0.1) is 11.8 Å². The number of nitrogens with one attached hydrogen (secondary N) is 1. The van der Waals surface area contributed by atoms with Crippen molar-refractivity contribution in [3.05, 3.63) is 0 Å². The number of imide groups is 1. The van der Waals surface area contributed by atoms with Gasteiger partial charge in [0.1, 0.15) is 6.54 Å². The predicted molar refractivity (Wildman–Crippen MR) is 63.5 cm³/mol. The zero-order valence-electron chi connectivity index (χ0n) is 9.48. The molecule has 0 aromatic rings. The number of carbonyl (C=O) groups excluding carboxylic acids is 3. The van der Waals surface area contributed by atoms with E-state index in [2.05, 4.69) is 5.32 Å². The largest absolute Gasteiger partial charge is 0.339 e. The monoisotopic (exact) mass is 257 g/mol. The first-order chi connectivity index (χ1) is 8.18. The van der Waals surface area contributed by atoms with Crippen molar-refractivity contribution < 1.29 is 14.4 Å². The van der Waals surface area contributed by atoms with Crippen molar-refractivity contribution in [3.63, 3.8) is 0 Å². The summed E-state index contributed by atoms with van der Waals surface area (Å²) in [6.45, 7) is 2.72. The van der Waals surface area contributed by atoms with Gasteiger partial charge in [-0.1, -0.05) is 0 Å². The molecule has 2 fully saturated rings. The van der Waals surface area contributed by atoms with Crippen LogP contribution in [0.3, 0.4) is 0 Å². The number of amides is 3. The predicted octanol–water partition coefficient (Wildman–Crippen LogP) is -1.48. The Labute approximate surface area is 104 Å². The van der Waals surface area contributed by atoms with Crippen LogP contribution in [0.5, 0.6) is 0 Å². The highest BCUT2D eigenvalue weighted by atomic mass is 32.2. The van der Waals surface area contributed by atoms with Crippen LogP contribution in [0.1, 0.15) is 0 Å². The Kier molecular flexibility index (Phi) is 4.01. The quantitative estimate of drug-likeness (QED) is 0.611. The second-order valence-corrected chi connectivity index (χ2v) is 4.98. The molecule has 7 heteroatoms. The number of thioether (sulfide) groups is 1. The first kappa shape index (κ1) is 12.4. The Hall–Kier alpha value is -1.08. The number of rotatable bonds is 2. The number of hydrogen-bond acceptors (Lipinski definition) is 5. The summed E-state index contributed by atoms with van der Waals surface area (Å²) in [7, 11) is 0. The van der Waals surface area contributed by atoms with E-state index >= 15 is 0 Å². The molecule has 2 heterocycles. The molecule has 2 rings (SSSR count). The van der Waals surface area contributed by atoms with Gasteiger partial charge in [-0.2, -0.15) is 0 Å². The Bertz CT molecular complexity index is 326. The lowest BCUT2D eigenvalue weighted by atomic mass is 10.3. The average molecular weight is 257 g/mol. The zero-order valence-corrected chi connectivity index (χ0v) is 10.3. The van der Waals surface area contributed by atoms with Crippen LogP contribution in [0.2, 0.25) is 0 Å². The third kappa shape index (κ3) is 2.98. The smallest absolute Gasteiger partial charge is 0.242 e. The van der Waals surface area contributed by atoms with Crippen molar-refractivity contribution in [1.82, 2.24) is 15.1 Å². The van der Waals surface area contributed by atoms with Crippen LogP contribution >= 0.6 is 11.8 Å². The summed E-state index contributed by atoms with van der Waals surface area (Å²) in [5.74, 6) is -0.0641. The molecule has 94 valence electrons. The Morgan fingerprint density at radius 2 is 1.76 bits per heavy atom. The van der Waals surface area contributed by atoms with Crippen molar-refractivity contribution in [3.8, 4) is 0 Å². The van der Waals surface area contributed by atoms with E-state index in [-0.39, 0.29) is 24.3 Å². The second-order valence-electron chi connectivity index (χ2n) is 4.00. The van der Waals surface area contributed by atoms with E-state index in [1.807, 2.05) is 0 Å². The lowest BCUT2D eigenvalue weighted by Crippen LogP contribution is -2.53. The standard InChI is InChI=1S/C10H15N3O3S/c14-8(12-3-1-11-2-4-12)5-13-9(15)6-17-7-10(13)16/h11H,1-7H2. The molecule has 0 atom stereocenters. The van der Waals surface area contributed by atoms with Crippen LogP contribution in [0.15, 0.2) is 0 Å². The van der Waals surface area contributed by atoms with E-state index in [1.165, 1.54) is 11.8 Å². The van der Waals surface area contributed by atoms with Gasteiger partial charge < -0.3 is 10.2 Å². The molecule has 0 aromatic carbocycles. The Balaban J connectivity index is 1.92. The van der Waals surface area contributed by atoms with Crippen molar-refractivity contribution in [2.45, 2.75) is 0 Å². The van der Waals surface area contributed by atoms with Gasteiger partial charge in [0.25, 0.3) is 0 Å². The van der Waals surface area contributed by atoms with E-state index in [9.17, 15) is 14.4 Å². The normalized spacial score (nSPS) is 21.9. The molecule has 2 saturated heterocycles. The number of piperazine rings is 1. The Morgan fingerprint density at radius 1 is 1.18 bits per heavy atom. The van der Waals surface area contributed by atoms with Crippen molar-refractivity contribution in [2.24, 2.45) is 0 Å². The minimum absolute atomic E-state index is 0.0990. The van der Waals surface area contributed by atoms with E-state index in [0.717, 1.165) is 18.0 Å². The molecule has 0 bridgehead atoms. The van der Waals surface area contributed by atoms with Gasteiger partial charge in [0.15, 0.2) is 0 Å². The molecule has 0 aliphatic carbocycles. The highest BCUT2D eigenvalue weighted by Crippen LogP contribution is 2.12. The van der Waals surface area contributed by atoms with Crippen LogP contribution in [0.25, 0.3) is 0 Å². The minimum Gasteiger partial charge on any atom is -0.339 e. The fourth-order valence-corrected chi connectivity index (χ4v) is 2.61. The SMILES string of the molecule is O=C(CN1C(=O)CSCC1=O)N1CCNCC1. The maximum absolute atomic E-state index is 11.9. The van der Waals surface area contributed by atoms with Gasteiger partial charge in [0, 0.05) is 26.2 Å². The number of nitrogens with zero attached hydrogens (tertiary/aromatic N) is 2. The van der Waals surface area contributed by atoms with Crippen molar-refractivity contribution in [1.29, 1.82) is 0 Å². The summed E-state index contributed by atoms with van der Waals surface area (Å²) < 4.78 is 0. The van der Waals surface area contributed by atoms with Gasteiger partial charge in [0.2, 0.25) is 17.7 Å². The first-order valence-electron chi connectivity index (χ1n) is 5.58. The van der Waals surface area contributed by atoms with E-state index in [1.54, 1.807) is 4.90 Å². The van der Waals surface area contributed by atoms with Crippen molar-refractivity contribution in [2.75, 3.05) is 44.2 Å². The van der Waals surface area contributed by atoms with Crippen LogP contribution < -0.4 is 5.32 Å². The molecular weight excluding hydrogens is 242 g/mol. The van der Waals surface area contributed by atoms with Gasteiger partial charge in [-0.3, -0.25) is 19.3 Å². The van der Waals surface area contributed by atoms with E-state index < -0.39 is 0 Å². The molecule has 0 saturated carbocycles. The van der Waals surface area contributed by atoms with E-state index in [0.29, 0.717) is 24.6 Å². The third-order valence-corrected chi connectivity index (χ3v) is 3.72. The molecule has 0 unspecified atom stereocenters. The second kappa shape index (κ2) is 5.50. The van der Waals surface area contributed by atoms with E-state index in [4.69, 9.17) is 0 Å². The van der Waals surface area contributed by atoms with Gasteiger partial charge in [-0.05, 0) is 0 Å². The molecule has 2 aliphatic rings. The number of hydrogen-bond donors (Lipinski definition) is 1. The molecular formula is C10H15N3O3S. The molecule has 6 nitrogen and oxygen atoms in total. The summed E-state index contributed by atoms with van der Waals surface area (Å²) >= 11 is 1.30. The summed E-state index contributed by atoms with van der Waals surface area (Å²) in [5.41, 5.74) is 0.